The molecule has 2 rings (SSSR count). The van der Waals surface area contributed by atoms with E-state index >= 15 is 0 Å². The summed E-state index contributed by atoms with van der Waals surface area (Å²) in [5.41, 5.74) is 10.1. The Bertz CT molecular complexity index is 707. The van der Waals surface area contributed by atoms with Gasteiger partial charge in [0.2, 0.25) is 0 Å². The average Bonchev–Trinajstić information content (AvgIpc) is 2.89. The van der Waals surface area contributed by atoms with Crippen molar-refractivity contribution in [1.29, 1.82) is 0 Å². The molecule has 21 heavy (non-hydrogen) atoms. The lowest BCUT2D eigenvalue weighted by Crippen LogP contribution is -2.23. The molecule has 0 aliphatic rings. The molecule has 0 fully saturated rings. The van der Waals surface area contributed by atoms with Gasteiger partial charge >= 0.3 is 0 Å². The average molecular weight is 298 g/mol. The molecule has 2 aromatic rings. The predicted molar refractivity (Wildman–Crippen MR) is 87.3 cm³/mol. The highest BCUT2D eigenvalue weighted by Crippen LogP contribution is 2.15. The first-order valence-electron chi connectivity index (χ1n) is 6.72. The topological polar surface area (TPSA) is 55.1 Å². The van der Waals surface area contributed by atoms with E-state index in [1.165, 1.54) is 5.56 Å². The normalized spacial score (nSPS) is 9.86. The molecular weight excluding hydrogens is 280 g/mol. The standard InChI is InChI=1S/C17H18N2OS/c1-12-10-21-11-15(12)9-19-17(20)16-7-3-5-14(13(16)2)6-4-8-18/h3,5,7,10-11H,8-9,18H2,1-2H3,(H,19,20). The van der Waals surface area contributed by atoms with Crippen molar-refractivity contribution in [3.05, 3.63) is 56.8 Å². The molecular formula is C17H18N2OS. The maximum absolute atomic E-state index is 12.3. The molecule has 4 heteroatoms. The monoisotopic (exact) mass is 298 g/mol. The van der Waals surface area contributed by atoms with E-state index in [1.807, 2.05) is 32.0 Å². The van der Waals surface area contributed by atoms with Gasteiger partial charge in [-0.3, -0.25) is 4.79 Å². The number of rotatable bonds is 3. The van der Waals surface area contributed by atoms with Gasteiger partial charge in [0, 0.05) is 17.7 Å². The van der Waals surface area contributed by atoms with Gasteiger partial charge in [-0.2, -0.15) is 11.3 Å². The number of aryl methyl sites for hydroxylation is 1. The lowest BCUT2D eigenvalue weighted by Gasteiger charge is -2.09. The molecule has 0 atom stereocenters. The Morgan fingerprint density at radius 1 is 1.33 bits per heavy atom. The number of nitrogens with one attached hydrogen (secondary N) is 1. The molecule has 1 aromatic carbocycles. The van der Waals surface area contributed by atoms with Crippen LogP contribution in [0.4, 0.5) is 0 Å². The molecule has 1 heterocycles. The molecule has 0 aliphatic carbocycles. The van der Waals surface area contributed by atoms with Crippen molar-refractivity contribution < 1.29 is 4.79 Å². The van der Waals surface area contributed by atoms with Crippen LogP contribution in [0.1, 0.15) is 32.6 Å². The van der Waals surface area contributed by atoms with Crippen LogP contribution >= 0.6 is 11.3 Å². The SMILES string of the molecule is Cc1cscc1CNC(=O)c1cccc(C#CCN)c1C. The largest absolute Gasteiger partial charge is 0.348 e. The van der Waals surface area contributed by atoms with E-state index in [4.69, 9.17) is 5.73 Å². The molecule has 0 bridgehead atoms. The molecule has 0 aliphatic heterocycles. The van der Waals surface area contributed by atoms with Crippen molar-refractivity contribution in [2.45, 2.75) is 20.4 Å². The summed E-state index contributed by atoms with van der Waals surface area (Å²) < 4.78 is 0. The van der Waals surface area contributed by atoms with E-state index in [1.54, 1.807) is 11.3 Å². The van der Waals surface area contributed by atoms with Crippen molar-refractivity contribution in [3.8, 4) is 11.8 Å². The fraction of sp³-hybridized carbons (Fsp3) is 0.235. The quantitative estimate of drug-likeness (QED) is 0.856. The minimum absolute atomic E-state index is 0.0745. The summed E-state index contributed by atoms with van der Waals surface area (Å²) in [7, 11) is 0. The number of carbonyl (C=O) groups excluding carboxylic acids is 1. The highest BCUT2D eigenvalue weighted by Gasteiger charge is 2.11. The first-order chi connectivity index (χ1) is 10.1. The second-order valence-corrected chi connectivity index (χ2v) is 5.49. The van der Waals surface area contributed by atoms with Gasteiger partial charge in [0.1, 0.15) is 0 Å². The number of benzene rings is 1. The summed E-state index contributed by atoms with van der Waals surface area (Å²) in [5, 5.41) is 7.10. The summed E-state index contributed by atoms with van der Waals surface area (Å²) in [6.45, 7) is 4.82. The van der Waals surface area contributed by atoms with Gasteiger partial charge in [-0.15, -0.1) is 0 Å². The second-order valence-electron chi connectivity index (χ2n) is 4.75. The molecule has 0 radical (unpaired) electrons. The van der Waals surface area contributed by atoms with Gasteiger partial charge in [0.15, 0.2) is 0 Å². The molecule has 0 unspecified atom stereocenters. The van der Waals surface area contributed by atoms with Crippen molar-refractivity contribution in [3.63, 3.8) is 0 Å². The first-order valence-corrected chi connectivity index (χ1v) is 7.66. The van der Waals surface area contributed by atoms with Gasteiger partial charge in [-0.1, -0.05) is 17.9 Å². The lowest BCUT2D eigenvalue weighted by molar-refractivity contribution is 0.0950. The van der Waals surface area contributed by atoms with E-state index in [2.05, 4.69) is 27.9 Å². The Morgan fingerprint density at radius 3 is 2.81 bits per heavy atom. The Kier molecular flexibility index (Phi) is 5.15. The predicted octanol–water partition coefficient (Wildman–Crippen LogP) is 2.61. The van der Waals surface area contributed by atoms with Crippen LogP contribution in [0.2, 0.25) is 0 Å². The van der Waals surface area contributed by atoms with E-state index in [0.717, 1.165) is 16.7 Å². The zero-order chi connectivity index (χ0) is 15.2. The second kappa shape index (κ2) is 7.07. The number of carbonyl (C=O) groups is 1. The highest BCUT2D eigenvalue weighted by atomic mass is 32.1. The Balaban J connectivity index is 2.14. The summed E-state index contributed by atoms with van der Waals surface area (Å²) >= 11 is 1.65. The molecule has 3 nitrogen and oxygen atoms in total. The molecule has 0 saturated heterocycles. The minimum atomic E-state index is -0.0745. The summed E-state index contributed by atoms with van der Waals surface area (Å²) in [6, 6.07) is 5.56. The van der Waals surface area contributed by atoms with E-state index < -0.39 is 0 Å². The number of hydrogen-bond donors (Lipinski definition) is 2. The Hall–Kier alpha value is -2.09. The van der Waals surface area contributed by atoms with E-state index in [-0.39, 0.29) is 5.91 Å². The number of nitrogens with two attached hydrogens (primary N) is 1. The van der Waals surface area contributed by atoms with Crippen LogP contribution in [-0.4, -0.2) is 12.5 Å². The van der Waals surface area contributed by atoms with Crippen LogP contribution in [0.3, 0.4) is 0 Å². The summed E-state index contributed by atoms with van der Waals surface area (Å²) in [5.74, 6) is 5.74. The third-order valence-corrected chi connectivity index (χ3v) is 4.21. The van der Waals surface area contributed by atoms with Crippen LogP contribution in [0.5, 0.6) is 0 Å². The van der Waals surface area contributed by atoms with Crippen molar-refractivity contribution in [1.82, 2.24) is 5.32 Å². The van der Waals surface area contributed by atoms with Gasteiger partial charge in [-0.25, -0.2) is 0 Å². The molecule has 3 N–H and O–H groups in total. The summed E-state index contributed by atoms with van der Waals surface area (Å²) in [4.78, 5) is 12.3. The van der Waals surface area contributed by atoms with Crippen molar-refractivity contribution in [2.75, 3.05) is 6.54 Å². The van der Waals surface area contributed by atoms with Crippen LogP contribution in [-0.2, 0) is 6.54 Å². The Morgan fingerprint density at radius 2 is 2.14 bits per heavy atom. The van der Waals surface area contributed by atoms with Gasteiger partial charge < -0.3 is 11.1 Å². The van der Waals surface area contributed by atoms with Gasteiger partial charge in [0.05, 0.1) is 6.54 Å². The maximum Gasteiger partial charge on any atom is 0.251 e. The van der Waals surface area contributed by atoms with Crippen molar-refractivity contribution in [2.24, 2.45) is 5.73 Å². The third kappa shape index (κ3) is 3.72. The van der Waals surface area contributed by atoms with Crippen LogP contribution in [0.25, 0.3) is 0 Å². The van der Waals surface area contributed by atoms with E-state index in [9.17, 15) is 4.79 Å². The number of hydrogen-bond acceptors (Lipinski definition) is 3. The third-order valence-electron chi connectivity index (χ3n) is 3.30. The van der Waals surface area contributed by atoms with Gasteiger partial charge in [-0.05, 0) is 53.4 Å². The fourth-order valence-corrected chi connectivity index (χ4v) is 2.86. The van der Waals surface area contributed by atoms with Crippen LogP contribution < -0.4 is 11.1 Å². The van der Waals surface area contributed by atoms with Crippen LogP contribution in [0, 0.1) is 25.7 Å². The maximum atomic E-state index is 12.3. The minimum Gasteiger partial charge on any atom is -0.348 e. The van der Waals surface area contributed by atoms with Crippen molar-refractivity contribution >= 4 is 17.2 Å². The number of amides is 1. The number of thiophene rings is 1. The zero-order valence-corrected chi connectivity index (χ0v) is 13.0. The van der Waals surface area contributed by atoms with Gasteiger partial charge in [0.25, 0.3) is 5.91 Å². The molecule has 1 amide bonds. The van der Waals surface area contributed by atoms with E-state index in [0.29, 0.717) is 18.7 Å². The fourth-order valence-electron chi connectivity index (χ4n) is 2.00. The summed E-state index contributed by atoms with van der Waals surface area (Å²) in [6.07, 6.45) is 0. The zero-order valence-electron chi connectivity index (χ0n) is 12.2. The molecule has 0 spiro atoms. The highest BCUT2D eigenvalue weighted by molar-refractivity contribution is 7.08. The first kappa shape index (κ1) is 15.3. The Labute approximate surface area is 129 Å². The molecule has 1 aromatic heterocycles. The smallest absolute Gasteiger partial charge is 0.251 e. The lowest BCUT2D eigenvalue weighted by atomic mass is 10.0. The molecule has 0 saturated carbocycles. The van der Waals surface area contributed by atoms with Crippen LogP contribution in [0.15, 0.2) is 29.0 Å². The molecule has 108 valence electrons.